The SMILES string of the molecule is c1ccc(-c2nc(-c3ccccc3)nc(-c3ccc(-c4cccc5c4N(c4ccccc4)c4ccccc4-c4cccc6cccc-5c46)cc3)n2)cc1. The van der Waals surface area contributed by atoms with Crippen LogP contribution in [0, 0.1) is 0 Å². The van der Waals surface area contributed by atoms with Crippen molar-refractivity contribution in [2.75, 3.05) is 4.90 Å². The second kappa shape index (κ2) is 12.9. The summed E-state index contributed by atoms with van der Waals surface area (Å²) >= 11 is 0. The fourth-order valence-corrected chi connectivity index (χ4v) is 7.62. The molecule has 0 spiro atoms. The maximum absolute atomic E-state index is 4.98. The average molecular weight is 677 g/mol. The van der Waals surface area contributed by atoms with Crippen molar-refractivity contribution in [1.29, 1.82) is 0 Å². The van der Waals surface area contributed by atoms with E-state index in [-0.39, 0.29) is 0 Å². The quantitative estimate of drug-likeness (QED) is 0.182. The number of nitrogens with zero attached hydrogens (tertiary/aromatic N) is 4. The number of benzene rings is 8. The molecule has 1 aliphatic heterocycles. The number of aromatic nitrogens is 3. The third kappa shape index (κ3) is 5.36. The summed E-state index contributed by atoms with van der Waals surface area (Å²) in [6.45, 7) is 0. The van der Waals surface area contributed by atoms with Gasteiger partial charge in [0.15, 0.2) is 17.5 Å². The molecule has 1 aromatic heterocycles. The zero-order chi connectivity index (χ0) is 35.1. The van der Waals surface area contributed by atoms with Crippen molar-refractivity contribution in [1.82, 2.24) is 15.0 Å². The van der Waals surface area contributed by atoms with E-state index in [1.165, 1.54) is 33.0 Å². The van der Waals surface area contributed by atoms with Crippen LogP contribution in [0.4, 0.5) is 17.1 Å². The fourth-order valence-electron chi connectivity index (χ4n) is 7.62. The van der Waals surface area contributed by atoms with Crippen LogP contribution < -0.4 is 4.90 Å². The zero-order valence-corrected chi connectivity index (χ0v) is 28.8. The summed E-state index contributed by atoms with van der Waals surface area (Å²) in [5.74, 6) is 1.93. The summed E-state index contributed by atoms with van der Waals surface area (Å²) in [7, 11) is 0. The summed E-state index contributed by atoms with van der Waals surface area (Å²) in [4.78, 5) is 17.3. The van der Waals surface area contributed by atoms with Crippen LogP contribution in [0.2, 0.25) is 0 Å². The molecule has 0 fully saturated rings. The van der Waals surface area contributed by atoms with Gasteiger partial charge in [-0.1, -0.05) is 176 Å². The van der Waals surface area contributed by atoms with E-state index < -0.39 is 0 Å². The fraction of sp³-hybridized carbons (Fsp3) is 0. The van der Waals surface area contributed by atoms with E-state index in [9.17, 15) is 0 Å². The van der Waals surface area contributed by atoms with Gasteiger partial charge in [-0.05, 0) is 45.7 Å². The second-order valence-corrected chi connectivity index (χ2v) is 13.2. The van der Waals surface area contributed by atoms with Crippen molar-refractivity contribution in [2.24, 2.45) is 0 Å². The Morgan fingerprint density at radius 1 is 0.302 bits per heavy atom. The van der Waals surface area contributed by atoms with Crippen LogP contribution in [0.15, 0.2) is 194 Å². The summed E-state index contributed by atoms with van der Waals surface area (Å²) in [5, 5.41) is 2.49. The highest BCUT2D eigenvalue weighted by atomic mass is 15.2. The standard InChI is InChI=1S/C49H32N4/c1-4-15-35(16-5-1)47-50-48(36-17-6-2-7-18-36)52-49(51-47)37-31-29-33(30-32-37)39-24-14-27-43-42-26-13-20-34-19-12-25-41(45(34)42)40-23-10-11-28-44(40)53(46(39)43)38-21-8-3-9-22-38/h1-32H. The molecule has 248 valence electrons. The molecule has 0 radical (unpaired) electrons. The Balaban J connectivity index is 1.18. The minimum absolute atomic E-state index is 0.635. The average Bonchev–Trinajstić information content (AvgIpc) is 3.24. The van der Waals surface area contributed by atoms with Crippen LogP contribution >= 0.6 is 0 Å². The van der Waals surface area contributed by atoms with E-state index in [0.29, 0.717) is 17.5 Å². The Morgan fingerprint density at radius 2 is 0.736 bits per heavy atom. The van der Waals surface area contributed by atoms with Crippen LogP contribution in [0.25, 0.3) is 78.3 Å². The van der Waals surface area contributed by atoms with E-state index in [2.05, 4.69) is 138 Å². The van der Waals surface area contributed by atoms with E-state index in [1.54, 1.807) is 0 Å². The van der Waals surface area contributed by atoms with E-state index >= 15 is 0 Å². The maximum Gasteiger partial charge on any atom is 0.164 e. The van der Waals surface area contributed by atoms with Crippen LogP contribution in [0.1, 0.15) is 0 Å². The summed E-state index contributed by atoms with van der Waals surface area (Å²) in [6, 6.07) is 68.3. The highest BCUT2D eigenvalue weighted by Crippen LogP contribution is 2.53. The first-order valence-corrected chi connectivity index (χ1v) is 17.9. The lowest BCUT2D eigenvalue weighted by Crippen LogP contribution is -2.15. The van der Waals surface area contributed by atoms with E-state index in [0.717, 1.165) is 44.9 Å². The van der Waals surface area contributed by atoms with E-state index in [1.807, 2.05) is 60.7 Å². The third-order valence-electron chi connectivity index (χ3n) is 10.1. The molecule has 4 nitrogen and oxygen atoms in total. The number of hydrogen-bond donors (Lipinski definition) is 0. The highest BCUT2D eigenvalue weighted by Gasteiger charge is 2.27. The Labute approximate surface area is 308 Å². The Bertz CT molecular complexity index is 2700. The first kappa shape index (κ1) is 30.6. The van der Waals surface area contributed by atoms with Crippen LogP contribution in [-0.2, 0) is 0 Å². The highest BCUT2D eigenvalue weighted by molar-refractivity contribution is 6.14. The lowest BCUT2D eigenvalue weighted by Gasteiger charge is -2.34. The van der Waals surface area contributed by atoms with Crippen LogP contribution in [0.5, 0.6) is 0 Å². The molecule has 2 heterocycles. The number of anilines is 3. The van der Waals surface area contributed by atoms with Gasteiger partial charge < -0.3 is 4.90 Å². The van der Waals surface area contributed by atoms with Gasteiger partial charge >= 0.3 is 0 Å². The van der Waals surface area contributed by atoms with Gasteiger partial charge in [0.1, 0.15) is 0 Å². The van der Waals surface area contributed by atoms with Crippen molar-refractivity contribution in [3.8, 4) is 67.5 Å². The van der Waals surface area contributed by atoms with Gasteiger partial charge in [0.2, 0.25) is 0 Å². The smallest absolute Gasteiger partial charge is 0.164 e. The monoisotopic (exact) mass is 676 g/mol. The molecule has 1 aliphatic rings. The number of fused-ring (bicyclic) bond motifs is 4. The predicted octanol–water partition coefficient (Wildman–Crippen LogP) is 12.8. The molecule has 0 unspecified atom stereocenters. The largest absolute Gasteiger partial charge is 0.309 e. The number of para-hydroxylation sites is 3. The van der Waals surface area contributed by atoms with Crippen LogP contribution in [-0.4, -0.2) is 15.0 Å². The van der Waals surface area contributed by atoms with Gasteiger partial charge in [-0.2, -0.15) is 0 Å². The van der Waals surface area contributed by atoms with Crippen molar-refractivity contribution in [3.05, 3.63) is 194 Å². The third-order valence-corrected chi connectivity index (χ3v) is 10.1. The van der Waals surface area contributed by atoms with Gasteiger partial charge in [0, 0.05) is 39.1 Å². The van der Waals surface area contributed by atoms with E-state index in [4.69, 9.17) is 15.0 Å². The Hall–Kier alpha value is -7.17. The first-order chi connectivity index (χ1) is 26.3. The molecule has 0 N–H and O–H groups in total. The zero-order valence-electron chi connectivity index (χ0n) is 28.8. The molecule has 4 heteroatoms. The van der Waals surface area contributed by atoms with Crippen molar-refractivity contribution >= 4 is 27.8 Å². The minimum Gasteiger partial charge on any atom is -0.309 e. The lowest BCUT2D eigenvalue weighted by molar-refractivity contribution is 1.07. The first-order valence-electron chi connectivity index (χ1n) is 17.9. The van der Waals surface area contributed by atoms with Gasteiger partial charge in [-0.15, -0.1) is 0 Å². The van der Waals surface area contributed by atoms with Gasteiger partial charge in [0.05, 0.1) is 11.4 Å². The Kier molecular flexibility index (Phi) is 7.43. The maximum atomic E-state index is 4.98. The van der Waals surface area contributed by atoms with Crippen molar-refractivity contribution in [2.45, 2.75) is 0 Å². The molecule has 10 rings (SSSR count). The number of rotatable bonds is 5. The molecule has 53 heavy (non-hydrogen) atoms. The molecule has 8 aromatic carbocycles. The molecule has 0 bridgehead atoms. The molecular formula is C49H32N4. The molecule has 0 saturated heterocycles. The van der Waals surface area contributed by atoms with Crippen molar-refractivity contribution in [3.63, 3.8) is 0 Å². The van der Waals surface area contributed by atoms with Gasteiger partial charge in [-0.25, -0.2) is 15.0 Å². The molecular weight excluding hydrogens is 645 g/mol. The summed E-state index contributed by atoms with van der Waals surface area (Å²) in [6.07, 6.45) is 0. The summed E-state index contributed by atoms with van der Waals surface area (Å²) < 4.78 is 0. The van der Waals surface area contributed by atoms with Gasteiger partial charge in [-0.3, -0.25) is 0 Å². The molecule has 0 saturated carbocycles. The summed E-state index contributed by atoms with van der Waals surface area (Å²) in [5.41, 5.74) is 13.3. The molecule has 0 amide bonds. The van der Waals surface area contributed by atoms with Crippen LogP contribution in [0.3, 0.4) is 0 Å². The molecule has 9 aromatic rings. The van der Waals surface area contributed by atoms with Gasteiger partial charge in [0.25, 0.3) is 0 Å². The predicted molar refractivity (Wildman–Crippen MR) is 218 cm³/mol. The Morgan fingerprint density at radius 3 is 1.36 bits per heavy atom. The molecule has 0 aliphatic carbocycles. The molecule has 0 atom stereocenters. The second-order valence-electron chi connectivity index (χ2n) is 13.2. The lowest BCUT2D eigenvalue weighted by atomic mass is 9.85. The normalized spacial score (nSPS) is 11.7. The topological polar surface area (TPSA) is 41.9 Å². The minimum atomic E-state index is 0.635. The number of hydrogen-bond acceptors (Lipinski definition) is 4. The van der Waals surface area contributed by atoms with Crippen molar-refractivity contribution < 1.29 is 0 Å².